The second-order valence-corrected chi connectivity index (χ2v) is 6.30. The van der Waals surface area contributed by atoms with Crippen molar-refractivity contribution in [3.63, 3.8) is 0 Å². The summed E-state index contributed by atoms with van der Waals surface area (Å²) in [5, 5.41) is 4.93. The highest BCUT2D eigenvalue weighted by Crippen LogP contribution is 2.20. The zero-order valence-corrected chi connectivity index (χ0v) is 11.9. The van der Waals surface area contributed by atoms with Crippen molar-refractivity contribution >= 4 is 10.9 Å². The largest absolute Gasteiger partial charge is 0.361 e. The quantitative estimate of drug-likeness (QED) is 0.842. The Balaban J connectivity index is 2.01. The van der Waals surface area contributed by atoms with E-state index in [1.165, 1.54) is 16.5 Å². The Morgan fingerprint density at radius 2 is 1.94 bits per heavy atom. The van der Waals surface area contributed by atoms with Crippen LogP contribution in [-0.4, -0.2) is 17.1 Å². The van der Waals surface area contributed by atoms with Gasteiger partial charge in [-0.25, -0.2) is 0 Å². The molecule has 1 unspecified atom stereocenters. The van der Waals surface area contributed by atoms with E-state index >= 15 is 0 Å². The van der Waals surface area contributed by atoms with Gasteiger partial charge >= 0.3 is 0 Å². The Kier molecular flexibility index (Phi) is 3.76. The molecular weight excluding hydrogens is 220 g/mol. The molecule has 0 radical (unpaired) electrons. The summed E-state index contributed by atoms with van der Waals surface area (Å²) in [5.74, 6) is 0.642. The van der Waals surface area contributed by atoms with Crippen LogP contribution >= 0.6 is 0 Å². The van der Waals surface area contributed by atoms with Crippen molar-refractivity contribution in [3.05, 3.63) is 36.0 Å². The number of hydrogen-bond donors (Lipinski definition) is 2. The minimum atomic E-state index is 0.203. The molecule has 0 amide bonds. The highest BCUT2D eigenvalue weighted by atomic mass is 14.9. The predicted molar refractivity (Wildman–Crippen MR) is 78.9 cm³/mol. The lowest BCUT2D eigenvalue weighted by molar-refractivity contribution is 0.382. The van der Waals surface area contributed by atoms with Crippen molar-refractivity contribution in [2.24, 2.45) is 5.92 Å². The van der Waals surface area contributed by atoms with Gasteiger partial charge in [-0.05, 0) is 51.3 Å². The summed E-state index contributed by atoms with van der Waals surface area (Å²) < 4.78 is 0. The van der Waals surface area contributed by atoms with Crippen LogP contribution in [0.4, 0.5) is 0 Å². The van der Waals surface area contributed by atoms with Gasteiger partial charge in [0.1, 0.15) is 0 Å². The molecule has 2 N–H and O–H groups in total. The third-order valence-electron chi connectivity index (χ3n) is 3.22. The lowest BCUT2D eigenvalue weighted by Gasteiger charge is -2.23. The molecule has 2 rings (SSSR count). The van der Waals surface area contributed by atoms with Gasteiger partial charge in [0.25, 0.3) is 0 Å². The van der Waals surface area contributed by atoms with E-state index in [2.05, 4.69) is 68.5 Å². The maximum atomic E-state index is 3.57. The van der Waals surface area contributed by atoms with E-state index in [9.17, 15) is 0 Å². The van der Waals surface area contributed by atoms with E-state index in [0.29, 0.717) is 5.92 Å². The molecule has 0 saturated carbocycles. The molecule has 2 nitrogen and oxygen atoms in total. The zero-order valence-electron chi connectivity index (χ0n) is 11.9. The lowest BCUT2D eigenvalue weighted by atomic mass is 9.99. The molecule has 1 heterocycles. The first-order valence-corrected chi connectivity index (χ1v) is 6.76. The second-order valence-electron chi connectivity index (χ2n) is 6.30. The smallest absolute Gasteiger partial charge is 0.0456 e. The monoisotopic (exact) mass is 244 g/mol. The third-order valence-corrected chi connectivity index (χ3v) is 3.22. The van der Waals surface area contributed by atoms with Gasteiger partial charge in [0.15, 0.2) is 0 Å². The zero-order chi connectivity index (χ0) is 13.2. The van der Waals surface area contributed by atoms with Gasteiger partial charge in [-0.1, -0.05) is 25.1 Å². The molecule has 2 aromatic rings. The van der Waals surface area contributed by atoms with Gasteiger partial charge in [0, 0.05) is 22.6 Å². The first kappa shape index (κ1) is 13.2. The summed E-state index contributed by atoms with van der Waals surface area (Å²) in [6.45, 7) is 10.0. The maximum Gasteiger partial charge on any atom is 0.0456 e. The van der Waals surface area contributed by atoms with Crippen LogP contribution < -0.4 is 5.32 Å². The third kappa shape index (κ3) is 3.36. The maximum absolute atomic E-state index is 3.57. The molecule has 18 heavy (non-hydrogen) atoms. The molecule has 0 spiro atoms. The fourth-order valence-electron chi connectivity index (χ4n) is 2.23. The molecule has 0 aliphatic carbocycles. The van der Waals surface area contributed by atoms with Crippen molar-refractivity contribution in [1.82, 2.24) is 10.3 Å². The van der Waals surface area contributed by atoms with E-state index in [1.54, 1.807) is 0 Å². The van der Waals surface area contributed by atoms with Gasteiger partial charge in [0.2, 0.25) is 0 Å². The van der Waals surface area contributed by atoms with Gasteiger partial charge in [-0.3, -0.25) is 0 Å². The number of aromatic nitrogens is 1. The molecule has 0 aliphatic rings. The first-order valence-electron chi connectivity index (χ1n) is 6.76. The molecule has 0 bridgehead atoms. The van der Waals surface area contributed by atoms with E-state index in [1.807, 2.05) is 0 Å². The number of benzene rings is 1. The van der Waals surface area contributed by atoms with Gasteiger partial charge in [-0.2, -0.15) is 0 Å². The first-order chi connectivity index (χ1) is 8.46. The highest BCUT2D eigenvalue weighted by molar-refractivity contribution is 5.83. The Morgan fingerprint density at radius 3 is 2.67 bits per heavy atom. The minimum absolute atomic E-state index is 0.203. The van der Waals surface area contributed by atoms with E-state index in [0.717, 1.165) is 13.0 Å². The van der Waals surface area contributed by atoms with E-state index in [4.69, 9.17) is 0 Å². The number of fused-ring (bicyclic) bond motifs is 1. The van der Waals surface area contributed by atoms with Gasteiger partial charge in [-0.15, -0.1) is 0 Å². The van der Waals surface area contributed by atoms with Crippen LogP contribution in [0.5, 0.6) is 0 Å². The molecule has 1 atom stereocenters. The average molecular weight is 244 g/mol. The summed E-state index contributed by atoms with van der Waals surface area (Å²) >= 11 is 0. The summed E-state index contributed by atoms with van der Waals surface area (Å²) in [6, 6.07) is 8.52. The minimum Gasteiger partial charge on any atom is -0.361 e. The van der Waals surface area contributed by atoms with Gasteiger partial charge < -0.3 is 10.3 Å². The van der Waals surface area contributed by atoms with Crippen LogP contribution in [0.2, 0.25) is 0 Å². The number of H-pyrrole nitrogens is 1. The Bertz CT molecular complexity index is 505. The number of para-hydroxylation sites is 1. The van der Waals surface area contributed by atoms with Crippen LogP contribution in [0.15, 0.2) is 30.5 Å². The summed E-state index contributed by atoms with van der Waals surface area (Å²) in [6.07, 6.45) is 3.27. The molecule has 0 aliphatic heterocycles. The van der Waals surface area contributed by atoms with Crippen molar-refractivity contribution in [2.75, 3.05) is 6.54 Å². The van der Waals surface area contributed by atoms with Crippen LogP contribution in [0, 0.1) is 5.92 Å². The predicted octanol–water partition coefficient (Wildman–Crippen LogP) is 3.73. The lowest BCUT2D eigenvalue weighted by Crippen LogP contribution is -2.38. The second kappa shape index (κ2) is 5.15. The van der Waals surface area contributed by atoms with Gasteiger partial charge in [0.05, 0.1) is 0 Å². The van der Waals surface area contributed by atoms with Crippen molar-refractivity contribution in [2.45, 2.75) is 39.7 Å². The number of aromatic amines is 1. The SMILES string of the molecule is CC(CNC(C)(C)C)Cc1c[nH]c2ccccc12. The highest BCUT2D eigenvalue weighted by Gasteiger charge is 2.12. The Hall–Kier alpha value is -1.28. The number of rotatable bonds is 4. The summed E-state index contributed by atoms with van der Waals surface area (Å²) in [7, 11) is 0. The normalized spacial score (nSPS) is 14.0. The van der Waals surface area contributed by atoms with Crippen LogP contribution in [-0.2, 0) is 6.42 Å². The molecular formula is C16H24N2. The molecule has 0 fully saturated rings. The standard InChI is InChI=1S/C16H24N2/c1-12(10-18-16(2,3)4)9-13-11-17-15-8-6-5-7-14(13)15/h5-8,11-12,17-18H,9-10H2,1-4H3. The van der Waals surface area contributed by atoms with E-state index < -0.39 is 0 Å². The van der Waals surface area contributed by atoms with Crippen LogP contribution in [0.25, 0.3) is 10.9 Å². The molecule has 0 saturated heterocycles. The molecule has 98 valence electrons. The number of nitrogens with one attached hydrogen (secondary N) is 2. The Labute approximate surface area is 110 Å². The van der Waals surface area contributed by atoms with Crippen LogP contribution in [0.1, 0.15) is 33.3 Å². The average Bonchev–Trinajstić information content (AvgIpc) is 2.70. The van der Waals surface area contributed by atoms with Crippen molar-refractivity contribution < 1.29 is 0 Å². The fraction of sp³-hybridized carbons (Fsp3) is 0.500. The molecule has 2 heteroatoms. The topological polar surface area (TPSA) is 27.8 Å². The Morgan fingerprint density at radius 1 is 1.22 bits per heavy atom. The summed E-state index contributed by atoms with van der Waals surface area (Å²) in [5.41, 5.74) is 2.87. The van der Waals surface area contributed by atoms with Crippen molar-refractivity contribution in [3.8, 4) is 0 Å². The molecule has 1 aromatic heterocycles. The van der Waals surface area contributed by atoms with Crippen LogP contribution in [0.3, 0.4) is 0 Å². The van der Waals surface area contributed by atoms with E-state index in [-0.39, 0.29) is 5.54 Å². The van der Waals surface area contributed by atoms with Crippen molar-refractivity contribution in [1.29, 1.82) is 0 Å². The summed E-state index contributed by atoms with van der Waals surface area (Å²) in [4.78, 5) is 3.35. The fourth-order valence-corrected chi connectivity index (χ4v) is 2.23. The number of hydrogen-bond acceptors (Lipinski definition) is 1. The molecule has 1 aromatic carbocycles.